The highest BCUT2D eigenvalue weighted by Crippen LogP contribution is 2.21. The Morgan fingerprint density at radius 1 is 1.13 bits per heavy atom. The number of ether oxygens (including phenoxy) is 1. The summed E-state index contributed by atoms with van der Waals surface area (Å²) in [5.74, 6) is 0.116. The van der Waals surface area contributed by atoms with Gasteiger partial charge in [0, 0.05) is 27.3 Å². The van der Waals surface area contributed by atoms with Gasteiger partial charge in [0.15, 0.2) is 9.84 Å². The molecule has 130 valence electrons. The van der Waals surface area contributed by atoms with Gasteiger partial charge in [-0.1, -0.05) is 12.1 Å². The summed E-state index contributed by atoms with van der Waals surface area (Å²) in [6.45, 7) is 1.22. The van der Waals surface area contributed by atoms with Crippen LogP contribution in [0.25, 0.3) is 0 Å². The molecule has 0 bridgehead atoms. The molecule has 0 atom stereocenters. The molecule has 23 heavy (non-hydrogen) atoms. The van der Waals surface area contributed by atoms with Crippen molar-refractivity contribution < 1.29 is 21.6 Å². The molecule has 0 amide bonds. The van der Waals surface area contributed by atoms with E-state index in [-0.39, 0.29) is 22.3 Å². The van der Waals surface area contributed by atoms with Gasteiger partial charge in [-0.2, -0.15) is 0 Å². The minimum atomic E-state index is -3.56. The first-order valence-corrected chi connectivity index (χ1v) is 10.8. The number of sulfone groups is 1. The molecule has 1 aromatic rings. The van der Waals surface area contributed by atoms with E-state index in [9.17, 15) is 16.8 Å². The highest BCUT2D eigenvalue weighted by molar-refractivity contribution is 7.90. The van der Waals surface area contributed by atoms with Crippen molar-refractivity contribution in [3.8, 4) is 0 Å². The van der Waals surface area contributed by atoms with Gasteiger partial charge in [0.05, 0.1) is 16.4 Å². The van der Waals surface area contributed by atoms with E-state index in [4.69, 9.17) is 4.74 Å². The van der Waals surface area contributed by atoms with Crippen LogP contribution in [0.1, 0.15) is 18.4 Å². The van der Waals surface area contributed by atoms with E-state index in [0.29, 0.717) is 18.8 Å². The van der Waals surface area contributed by atoms with E-state index < -0.39 is 19.9 Å². The normalized spacial score (nSPS) is 17.5. The Balaban J connectivity index is 2.13. The first-order chi connectivity index (χ1) is 10.7. The van der Waals surface area contributed by atoms with Crippen molar-refractivity contribution in [2.45, 2.75) is 23.5 Å². The molecular formula is C15H23NO5S2. The van der Waals surface area contributed by atoms with E-state index in [0.717, 1.165) is 17.1 Å². The van der Waals surface area contributed by atoms with Crippen LogP contribution in [0.4, 0.5) is 0 Å². The summed E-state index contributed by atoms with van der Waals surface area (Å²) in [7, 11) is -3.94. The Morgan fingerprint density at radius 2 is 1.78 bits per heavy atom. The molecule has 1 aliphatic heterocycles. The van der Waals surface area contributed by atoms with Crippen molar-refractivity contribution in [3.05, 3.63) is 29.8 Å². The number of hydrogen-bond donors (Lipinski definition) is 0. The highest BCUT2D eigenvalue weighted by atomic mass is 32.2. The summed E-state index contributed by atoms with van der Waals surface area (Å²) in [5, 5.41) is 0. The molecule has 0 N–H and O–H groups in total. The quantitative estimate of drug-likeness (QED) is 0.762. The van der Waals surface area contributed by atoms with Gasteiger partial charge in [-0.3, -0.25) is 0 Å². The molecule has 0 aliphatic carbocycles. The third kappa shape index (κ3) is 5.00. The molecule has 2 rings (SSSR count). The monoisotopic (exact) mass is 361 g/mol. The number of rotatable bonds is 6. The average molecular weight is 361 g/mol. The second-order valence-corrected chi connectivity index (χ2v) is 10.3. The van der Waals surface area contributed by atoms with Crippen molar-refractivity contribution in [1.29, 1.82) is 0 Å². The van der Waals surface area contributed by atoms with Crippen molar-refractivity contribution in [2.24, 2.45) is 5.92 Å². The first-order valence-electron chi connectivity index (χ1n) is 7.50. The van der Waals surface area contributed by atoms with Crippen LogP contribution >= 0.6 is 0 Å². The predicted octanol–water partition coefficient (Wildman–Crippen LogP) is 1.28. The average Bonchev–Trinajstić information content (AvgIpc) is 2.47. The topological polar surface area (TPSA) is 80.8 Å². The second kappa shape index (κ2) is 7.29. The molecule has 6 nitrogen and oxygen atoms in total. The molecule has 1 saturated heterocycles. The molecule has 8 heteroatoms. The van der Waals surface area contributed by atoms with Crippen LogP contribution in [0.15, 0.2) is 29.2 Å². The SMILES string of the molecule is CN(C)S(=O)(=O)c1cccc(CS(=O)(=O)CC2CCOCC2)c1. The van der Waals surface area contributed by atoms with Crippen LogP contribution in [-0.2, 0) is 30.4 Å². The molecule has 1 aromatic carbocycles. The predicted molar refractivity (Wildman–Crippen MR) is 88.3 cm³/mol. The molecule has 0 radical (unpaired) electrons. The molecule has 1 heterocycles. The van der Waals surface area contributed by atoms with Crippen molar-refractivity contribution >= 4 is 19.9 Å². The zero-order chi connectivity index (χ0) is 17.1. The smallest absolute Gasteiger partial charge is 0.242 e. The molecule has 0 aromatic heterocycles. The van der Waals surface area contributed by atoms with Gasteiger partial charge in [0.2, 0.25) is 10.0 Å². The maximum atomic E-state index is 12.4. The third-order valence-corrected chi connectivity index (χ3v) is 7.46. The van der Waals surface area contributed by atoms with Crippen molar-refractivity contribution in [3.63, 3.8) is 0 Å². The Hall–Kier alpha value is -0.960. The number of nitrogens with zero attached hydrogens (tertiary/aromatic N) is 1. The molecule has 0 unspecified atom stereocenters. The Bertz CT molecular complexity index is 735. The summed E-state index contributed by atoms with van der Waals surface area (Å²) in [4.78, 5) is 0.112. The Kier molecular flexibility index (Phi) is 5.83. The van der Waals surface area contributed by atoms with Crippen molar-refractivity contribution in [1.82, 2.24) is 4.31 Å². The number of sulfonamides is 1. The van der Waals surface area contributed by atoms with Gasteiger partial charge in [-0.15, -0.1) is 0 Å². The molecule has 0 spiro atoms. The Labute approximate surface area is 138 Å². The van der Waals surface area contributed by atoms with Gasteiger partial charge in [0.1, 0.15) is 0 Å². The zero-order valence-electron chi connectivity index (χ0n) is 13.4. The van der Waals surface area contributed by atoms with Gasteiger partial charge >= 0.3 is 0 Å². The zero-order valence-corrected chi connectivity index (χ0v) is 15.1. The van der Waals surface area contributed by atoms with Gasteiger partial charge < -0.3 is 4.74 Å². The van der Waals surface area contributed by atoms with E-state index in [2.05, 4.69) is 0 Å². The maximum Gasteiger partial charge on any atom is 0.242 e. The van der Waals surface area contributed by atoms with Crippen LogP contribution in [-0.4, -0.2) is 54.2 Å². The summed E-state index contributed by atoms with van der Waals surface area (Å²) in [6, 6.07) is 6.15. The second-order valence-electron chi connectivity index (χ2n) is 6.05. The first kappa shape index (κ1) is 18.4. The summed E-state index contributed by atoms with van der Waals surface area (Å²) >= 11 is 0. The lowest BCUT2D eigenvalue weighted by Gasteiger charge is -2.21. The fourth-order valence-electron chi connectivity index (χ4n) is 2.59. The highest BCUT2D eigenvalue weighted by Gasteiger charge is 2.23. The largest absolute Gasteiger partial charge is 0.381 e. The van der Waals surface area contributed by atoms with E-state index in [1.807, 2.05) is 0 Å². The lowest BCUT2D eigenvalue weighted by Crippen LogP contribution is -2.24. The van der Waals surface area contributed by atoms with Crippen LogP contribution < -0.4 is 0 Å². The minimum Gasteiger partial charge on any atom is -0.381 e. The standard InChI is InChI=1S/C15H23NO5S2/c1-16(2)23(19,20)15-5-3-4-14(10-15)12-22(17,18)11-13-6-8-21-9-7-13/h3-5,10,13H,6-9,11-12H2,1-2H3. The van der Waals surface area contributed by atoms with Crippen LogP contribution in [0.3, 0.4) is 0 Å². The van der Waals surface area contributed by atoms with Gasteiger partial charge in [-0.25, -0.2) is 21.1 Å². The fourth-order valence-corrected chi connectivity index (χ4v) is 5.42. The van der Waals surface area contributed by atoms with E-state index in [1.165, 1.54) is 26.2 Å². The van der Waals surface area contributed by atoms with Crippen molar-refractivity contribution in [2.75, 3.05) is 33.1 Å². The lowest BCUT2D eigenvalue weighted by atomic mass is 10.0. The van der Waals surface area contributed by atoms with E-state index >= 15 is 0 Å². The summed E-state index contributed by atoms with van der Waals surface area (Å²) in [5.41, 5.74) is 0.500. The van der Waals surface area contributed by atoms with Crippen LogP contribution in [0.2, 0.25) is 0 Å². The van der Waals surface area contributed by atoms with Crippen LogP contribution in [0.5, 0.6) is 0 Å². The van der Waals surface area contributed by atoms with E-state index in [1.54, 1.807) is 12.1 Å². The Morgan fingerprint density at radius 3 is 2.39 bits per heavy atom. The van der Waals surface area contributed by atoms with Crippen LogP contribution in [0, 0.1) is 5.92 Å². The van der Waals surface area contributed by atoms with Gasteiger partial charge in [-0.05, 0) is 36.5 Å². The molecule has 1 aliphatic rings. The fraction of sp³-hybridized carbons (Fsp3) is 0.600. The molecular weight excluding hydrogens is 338 g/mol. The minimum absolute atomic E-state index is 0.112. The lowest BCUT2D eigenvalue weighted by molar-refractivity contribution is 0.0723. The maximum absolute atomic E-state index is 12.4. The number of benzene rings is 1. The number of hydrogen-bond acceptors (Lipinski definition) is 5. The third-order valence-electron chi connectivity index (χ3n) is 3.89. The molecule has 1 fully saturated rings. The van der Waals surface area contributed by atoms with Gasteiger partial charge in [0.25, 0.3) is 0 Å². The molecule has 0 saturated carbocycles. The summed E-state index contributed by atoms with van der Waals surface area (Å²) in [6.07, 6.45) is 1.52. The summed E-state index contributed by atoms with van der Waals surface area (Å²) < 4.78 is 55.3.